The molecule has 0 spiro atoms. The Morgan fingerprint density at radius 2 is 1.16 bits per heavy atom. The van der Waals surface area contributed by atoms with E-state index in [9.17, 15) is 18.9 Å². The summed E-state index contributed by atoms with van der Waals surface area (Å²) in [6.45, 7) is 0. The predicted molar refractivity (Wildman–Crippen MR) is 255 cm³/mol. The van der Waals surface area contributed by atoms with Crippen molar-refractivity contribution >= 4 is 66.9 Å². The molecule has 2 aliphatic rings. The molecule has 17 heteroatoms. The number of hydrogen-bond acceptors (Lipinski definition) is 13. The van der Waals surface area contributed by atoms with E-state index < -0.39 is 16.1 Å². The second kappa shape index (κ2) is 17.6. The van der Waals surface area contributed by atoms with Crippen LogP contribution in [0.1, 0.15) is 30.4 Å². The highest BCUT2D eigenvalue weighted by Gasteiger charge is 2.44. The molecular weight excluding hydrogens is 912 g/mol. The molecule has 0 aliphatic heterocycles. The van der Waals surface area contributed by atoms with Gasteiger partial charge in [-0.1, -0.05) is 59.6 Å². The SMILES string of the molecule is CN(c1cnc2cc(-c3ccc(Oc4cc(Cl)c(OC5CC5)c(C#N)c4)cc3)ccc2n1)S(=O)(=O)CC1CC1Oc1c(Cl)cc(Oc2ccc(-c3ccc4nc(N)cnc4c3)cc2)cc1C#N. The second-order valence-electron chi connectivity index (χ2n) is 16.2. The summed E-state index contributed by atoms with van der Waals surface area (Å²) >= 11 is 13.1. The first-order valence-electron chi connectivity index (χ1n) is 21.0. The van der Waals surface area contributed by atoms with Crippen molar-refractivity contribution in [2.24, 2.45) is 5.92 Å². The molecule has 332 valence electrons. The topological polar surface area (TPSA) is 199 Å². The molecule has 67 heavy (non-hydrogen) atoms. The van der Waals surface area contributed by atoms with Crippen molar-refractivity contribution in [1.29, 1.82) is 10.5 Å². The van der Waals surface area contributed by atoms with Crippen LogP contribution in [-0.4, -0.2) is 53.4 Å². The van der Waals surface area contributed by atoms with Gasteiger partial charge in [-0.05, 0) is 90.0 Å². The smallest absolute Gasteiger partial charge is 0.236 e. The van der Waals surface area contributed by atoms with E-state index in [-0.39, 0.29) is 39.9 Å². The van der Waals surface area contributed by atoms with Crippen LogP contribution in [-0.2, 0) is 10.0 Å². The highest BCUT2D eigenvalue weighted by Crippen LogP contribution is 2.43. The molecule has 2 heterocycles. The van der Waals surface area contributed by atoms with Gasteiger partial charge in [-0.3, -0.25) is 14.3 Å². The summed E-state index contributed by atoms with van der Waals surface area (Å²) in [5, 5.41) is 20.2. The number of nitriles is 2. The Kier molecular flexibility index (Phi) is 11.4. The lowest BCUT2D eigenvalue weighted by Gasteiger charge is -2.18. The zero-order valence-electron chi connectivity index (χ0n) is 35.4. The molecule has 2 saturated carbocycles. The monoisotopic (exact) mass is 946 g/mol. The third-order valence-corrected chi connectivity index (χ3v) is 13.7. The predicted octanol–water partition coefficient (Wildman–Crippen LogP) is 10.9. The van der Waals surface area contributed by atoms with E-state index in [1.54, 1.807) is 24.3 Å². The lowest BCUT2D eigenvalue weighted by atomic mass is 10.0. The first-order valence-corrected chi connectivity index (χ1v) is 23.4. The van der Waals surface area contributed by atoms with E-state index >= 15 is 0 Å². The van der Waals surface area contributed by atoms with Crippen LogP contribution in [0.25, 0.3) is 44.3 Å². The van der Waals surface area contributed by atoms with Crippen molar-refractivity contribution in [3.05, 3.63) is 143 Å². The van der Waals surface area contributed by atoms with E-state index in [4.69, 9.17) is 47.9 Å². The number of halogens is 2. The molecule has 0 saturated heterocycles. The summed E-state index contributed by atoms with van der Waals surface area (Å²) in [5.74, 6) is 2.34. The number of nitrogens with zero attached hydrogens (tertiary/aromatic N) is 7. The zero-order valence-corrected chi connectivity index (χ0v) is 37.8. The van der Waals surface area contributed by atoms with Crippen LogP contribution in [0.4, 0.5) is 11.6 Å². The van der Waals surface area contributed by atoms with Crippen LogP contribution < -0.4 is 29.0 Å². The van der Waals surface area contributed by atoms with Gasteiger partial charge in [0, 0.05) is 37.2 Å². The van der Waals surface area contributed by atoms with Crippen molar-refractivity contribution in [1.82, 2.24) is 19.9 Å². The molecule has 0 bridgehead atoms. The molecule has 14 nitrogen and oxygen atoms in total. The van der Waals surface area contributed by atoms with Crippen molar-refractivity contribution < 1.29 is 27.4 Å². The van der Waals surface area contributed by atoms with Gasteiger partial charge in [-0.15, -0.1) is 0 Å². The standard InChI is InChI=1S/C50H36Cl2N8O6S/c1-60(48-26-57-45-19-31(7-15-43(45)59-48)29-4-10-35(11-5-29)63-38-16-32(23-53)49(40(51)21-38)65-37-12-13-37)67(61,62)27-34-20-46(34)66-50-33(24-54)17-39(22-41(50)52)64-36-8-2-28(3-9-36)30-6-14-42-44(18-30)56-25-47(55)58-42/h2-11,14-19,21-22,25-26,34,37,46H,12-13,20,27H2,1H3,(H2,55,58). The Hall–Kier alpha value is -7.69. The first-order chi connectivity index (χ1) is 32.4. The minimum Gasteiger partial charge on any atom is -0.487 e. The Morgan fingerprint density at radius 1 is 0.657 bits per heavy atom. The number of nitrogens with two attached hydrogens (primary N) is 1. The fraction of sp³-hybridized carbons (Fsp3) is 0.160. The number of benzene rings is 6. The van der Waals surface area contributed by atoms with E-state index in [0.29, 0.717) is 68.1 Å². The van der Waals surface area contributed by atoms with Crippen LogP contribution in [0.5, 0.6) is 34.5 Å². The van der Waals surface area contributed by atoms with Gasteiger partial charge in [-0.25, -0.2) is 18.4 Å². The number of sulfonamides is 1. The Labute approximate surface area is 394 Å². The quantitative estimate of drug-likeness (QED) is 0.108. The molecule has 2 atom stereocenters. The lowest BCUT2D eigenvalue weighted by Crippen LogP contribution is -2.31. The van der Waals surface area contributed by atoms with Gasteiger partial charge in [0.05, 0.1) is 67.5 Å². The van der Waals surface area contributed by atoms with Crippen molar-refractivity contribution in [2.45, 2.75) is 31.5 Å². The van der Waals surface area contributed by atoms with E-state index in [1.165, 1.54) is 25.5 Å². The number of aromatic nitrogens is 4. The van der Waals surface area contributed by atoms with Crippen LogP contribution in [0.15, 0.2) is 122 Å². The van der Waals surface area contributed by atoms with Crippen LogP contribution in [0.3, 0.4) is 0 Å². The number of rotatable bonds is 14. The largest absolute Gasteiger partial charge is 0.487 e. The van der Waals surface area contributed by atoms with Gasteiger partial charge in [0.15, 0.2) is 17.3 Å². The molecule has 10 rings (SSSR count). The summed E-state index contributed by atoms with van der Waals surface area (Å²) < 4.78 is 52.4. The molecule has 6 aromatic carbocycles. The average Bonchev–Trinajstić information content (AvgIpc) is 4.28. The summed E-state index contributed by atoms with van der Waals surface area (Å²) in [6.07, 6.45) is 4.92. The van der Waals surface area contributed by atoms with E-state index in [0.717, 1.165) is 44.9 Å². The summed E-state index contributed by atoms with van der Waals surface area (Å²) in [4.78, 5) is 17.8. The number of ether oxygens (including phenoxy) is 4. The molecular formula is C50H36Cl2N8O6S. The van der Waals surface area contributed by atoms with Crippen molar-refractivity contribution in [3.8, 4) is 68.9 Å². The summed E-state index contributed by atoms with van der Waals surface area (Å²) in [7, 11) is -2.41. The minimum absolute atomic E-state index is 0.0971. The molecule has 2 aromatic heterocycles. The molecule has 2 unspecified atom stereocenters. The van der Waals surface area contributed by atoms with Crippen molar-refractivity contribution in [2.75, 3.05) is 22.8 Å². The maximum absolute atomic E-state index is 13.6. The van der Waals surface area contributed by atoms with E-state index in [2.05, 4.69) is 32.1 Å². The van der Waals surface area contributed by atoms with Crippen LogP contribution in [0.2, 0.25) is 10.0 Å². The fourth-order valence-electron chi connectivity index (χ4n) is 7.47. The number of fused-ring (bicyclic) bond motifs is 2. The first kappa shape index (κ1) is 43.2. The Balaban J connectivity index is 0.750. The average molecular weight is 948 g/mol. The lowest BCUT2D eigenvalue weighted by molar-refractivity contribution is 0.287. The highest BCUT2D eigenvalue weighted by atomic mass is 35.5. The third kappa shape index (κ3) is 9.39. The van der Waals surface area contributed by atoms with Gasteiger partial charge < -0.3 is 24.7 Å². The molecule has 2 N–H and O–H groups in total. The van der Waals surface area contributed by atoms with Gasteiger partial charge >= 0.3 is 0 Å². The van der Waals surface area contributed by atoms with Gasteiger partial charge in [-0.2, -0.15) is 10.5 Å². The zero-order chi connectivity index (χ0) is 46.4. The van der Waals surface area contributed by atoms with Crippen LogP contribution in [0, 0.1) is 28.6 Å². The molecule has 2 aliphatic carbocycles. The molecule has 8 aromatic rings. The Morgan fingerprint density at radius 3 is 1.70 bits per heavy atom. The number of hydrogen-bond donors (Lipinski definition) is 1. The number of anilines is 2. The summed E-state index contributed by atoms with van der Waals surface area (Å²) in [6, 6.07) is 36.7. The minimum atomic E-state index is -3.85. The number of nitrogen functional groups attached to an aromatic ring is 1. The second-order valence-corrected chi connectivity index (χ2v) is 19.0. The van der Waals surface area contributed by atoms with Gasteiger partial charge in [0.1, 0.15) is 47.1 Å². The maximum atomic E-state index is 13.6. The van der Waals surface area contributed by atoms with E-state index in [1.807, 2.05) is 78.9 Å². The molecule has 2 fully saturated rings. The Bertz CT molecular complexity index is 3450. The maximum Gasteiger partial charge on any atom is 0.236 e. The molecule has 0 amide bonds. The van der Waals surface area contributed by atoms with Crippen LogP contribution >= 0.6 is 23.2 Å². The van der Waals surface area contributed by atoms with Crippen molar-refractivity contribution in [3.63, 3.8) is 0 Å². The summed E-state index contributed by atoms with van der Waals surface area (Å²) in [5.41, 5.74) is 12.4. The highest BCUT2D eigenvalue weighted by molar-refractivity contribution is 7.92. The normalized spacial score (nSPS) is 15.4. The van der Waals surface area contributed by atoms with Gasteiger partial charge in [0.2, 0.25) is 10.0 Å². The van der Waals surface area contributed by atoms with Gasteiger partial charge in [0.25, 0.3) is 0 Å². The molecule has 0 radical (unpaired) electrons. The fourth-order valence-corrected chi connectivity index (χ4v) is 9.46. The third-order valence-electron chi connectivity index (χ3n) is 11.3.